The lowest BCUT2D eigenvalue weighted by Gasteiger charge is -2.12. The van der Waals surface area contributed by atoms with Crippen LogP contribution in [-0.4, -0.2) is 24.5 Å². The van der Waals surface area contributed by atoms with Crippen LogP contribution < -0.4 is 10.6 Å². The molecule has 0 saturated carbocycles. The molecule has 0 aliphatic heterocycles. The van der Waals surface area contributed by atoms with Crippen molar-refractivity contribution in [3.63, 3.8) is 0 Å². The highest BCUT2D eigenvalue weighted by molar-refractivity contribution is 6.30. The van der Waals surface area contributed by atoms with Gasteiger partial charge in [0, 0.05) is 5.02 Å². The Balaban J connectivity index is 2.05. The average Bonchev–Trinajstić information content (AvgIpc) is 2.54. The Kier molecular flexibility index (Phi) is 6.03. The largest absolute Gasteiger partial charge is 0.405 e. The van der Waals surface area contributed by atoms with Crippen LogP contribution in [0.15, 0.2) is 48.5 Å². The van der Waals surface area contributed by atoms with Crippen LogP contribution in [-0.2, 0) is 11.2 Å². The predicted octanol–water partition coefficient (Wildman–Crippen LogP) is 3.81. The normalized spacial score (nSPS) is 11.0. The van der Waals surface area contributed by atoms with Crippen LogP contribution in [0.5, 0.6) is 0 Å². The van der Waals surface area contributed by atoms with Gasteiger partial charge >= 0.3 is 6.18 Å². The van der Waals surface area contributed by atoms with Crippen molar-refractivity contribution in [2.45, 2.75) is 12.6 Å². The van der Waals surface area contributed by atoms with Crippen molar-refractivity contribution in [3.8, 4) is 0 Å². The fourth-order valence-electron chi connectivity index (χ4n) is 2.05. The fraction of sp³-hybridized carbons (Fsp3) is 0.176. The first kappa shape index (κ1) is 18.8. The smallest absolute Gasteiger partial charge is 0.343 e. The molecule has 0 fully saturated rings. The third-order valence-electron chi connectivity index (χ3n) is 3.17. The van der Waals surface area contributed by atoms with Crippen molar-refractivity contribution >= 4 is 29.1 Å². The summed E-state index contributed by atoms with van der Waals surface area (Å²) in [5.41, 5.74) is 0.804. The maximum absolute atomic E-state index is 12.2. The SMILES string of the molecule is O=C(Cc1ccc(Cl)cc1)Nc1ccccc1C(=O)NCC(F)(F)F. The van der Waals surface area contributed by atoms with Gasteiger partial charge in [0.15, 0.2) is 0 Å². The lowest BCUT2D eigenvalue weighted by Crippen LogP contribution is -2.34. The third kappa shape index (κ3) is 6.11. The molecule has 0 radical (unpaired) electrons. The minimum Gasteiger partial charge on any atom is -0.343 e. The highest BCUT2D eigenvalue weighted by Gasteiger charge is 2.28. The quantitative estimate of drug-likeness (QED) is 0.840. The summed E-state index contributed by atoms with van der Waals surface area (Å²) in [5.74, 6) is -1.32. The van der Waals surface area contributed by atoms with Crippen LogP contribution in [0.1, 0.15) is 15.9 Å². The highest BCUT2D eigenvalue weighted by Crippen LogP contribution is 2.18. The van der Waals surface area contributed by atoms with Crippen LogP contribution in [0.25, 0.3) is 0 Å². The summed E-state index contributed by atoms with van der Waals surface area (Å²) in [5, 5.41) is 4.85. The zero-order chi connectivity index (χ0) is 18.4. The molecule has 2 rings (SSSR count). The van der Waals surface area contributed by atoms with Crippen molar-refractivity contribution in [2.24, 2.45) is 0 Å². The maximum atomic E-state index is 12.2. The predicted molar refractivity (Wildman–Crippen MR) is 88.6 cm³/mol. The molecule has 0 heterocycles. The van der Waals surface area contributed by atoms with E-state index in [0.717, 1.165) is 0 Å². The van der Waals surface area contributed by atoms with Gasteiger partial charge in [-0.25, -0.2) is 0 Å². The number of rotatable bonds is 5. The average molecular weight is 371 g/mol. The fourth-order valence-corrected chi connectivity index (χ4v) is 2.17. The molecular formula is C17H14ClF3N2O2. The van der Waals surface area contributed by atoms with E-state index in [0.29, 0.717) is 10.6 Å². The van der Waals surface area contributed by atoms with Gasteiger partial charge in [-0.15, -0.1) is 0 Å². The second-order valence-electron chi connectivity index (χ2n) is 5.19. The van der Waals surface area contributed by atoms with Gasteiger partial charge in [-0.2, -0.15) is 13.2 Å². The molecule has 132 valence electrons. The van der Waals surface area contributed by atoms with Gasteiger partial charge in [0.2, 0.25) is 5.91 Å². The summed E-state index contributed by atoms with van der Waals surface area (Å²) in [6, 6.07) is 12.5. The van der Waals surface area contributed by atoms with Gasteiger partial charge in [0.05, 0.1) is 17.7 Å². The summed E-state index contributed by atoms with van der Waals surface area (Å²) >= 11 is 5.77. The summed E-state index contributed by atoms with van der Waals surface area (Å²) in [6.45, 7) is -1.45. The van der Waals surface area contributed by atoms with Gasteiger partial charge in [0.1, 0.15) is 6.54 Å². The van der Waals surface area contributed by atoms with Gasteiger partial charge < -0.3 is 10.6 Å². The molecule has 0 unspecified atom stereocenters. The zero-order valence-electron chi connectivity index (χ0n) is 12.9. The van der Waals surface area contributed by atoms with E-state index in [1.807, 2.05) is 0 Å². The van der Waals surface area contributed by atoms with Gasteiger partial charge in [-0.1, -0.05) is 35.9 Å². The van der Waals surface area contributed by atoms with Crippen molar-refractivity contribution in [2.75, 3.05) is 11.9 Å². The molecule has 0 aliphatic rings. The van der Waals surface area contributed by atoms with E-state index in [1.54, 1.807) is 35.6 Å². The number of carbonyl (C=O) groups is 2. The molecular weight excluding hydrogens is 357 g/mol. The first-order valence-corrected chi connectivity index (χ1v) is 7.61. The van der Waals surface area contributed by atoms with E-state index in [1.165, 1.54) is 18.2 Å². The van der Waals surface area contributed by atoms with Gasteiger partial charge in [-0.05, 0) is 29.8 Å². The van der Waals surface area contributed by atoms with Crippen molar-refractivity contribution in [1.82, 2.24) is 5.32 Å². The van der Waals surface area contributed by atoms with Gasteiger partial charge in [-0.3, -0.25) is 9.59 Å². The number of alkyl halides is 3. The van der Waals surface area contributed by atoms with E-state index in [-0.39, 0.29) is 17.7 Å². The zero-order valence-corrected chi connectivity index (χ0v) is 13.6. The molecule has 0 aliphatic carbocycles. The molecule has 0 saturated heterocycles. The molecule has 0 spiro atoms. The van der Waals surface area contributed by atoms with Gasteiger partial charge in [0.25, 0.3) is 5.91 Å². The Labute approximate surface area is 147 Å². The lowest BCUT2D eigenvalue weighted by molar-refractivity contribution is -0.123. The molecule has 2 aromatic rings. The van der Waals surface area contributed by atoms with Crippen molar-refractivity contribution in [1.29, 1.82) is 0 Å². The number of hydrogen-bond donors (Lipinski definition) is 2. The minimum atomic E-state index is -4.51. The van der Waals surface area contributed by atoms with E-state index in [9.17, 15) is 22.8 Å². The molecule has 2 N–H and O–H groups in total. The third-order valence-corrected chi connectivity index (χ3v) is 3.43. The summed E-state index contributed by atoms with van der Waals surface area (Å²) in [7, 11) is 0. The molecule has 2 aromatic carbocycles. The second-order valence-corrected chi connectivity index (χ2v) is 5.63. The lowest BCUT2D eigenvalue weighted by atomic mass is 10.1. The van der Waals surface area contributed by atoms with Crippen LogP contribution in [0.2, 0.25) is 5.02 Å². The van der Waals surface area contributed by atoms with Crippen LogP contribution in [0.4, 0.5) is 18.9 Å². The number of nitrogens with one attached hydrogen (secondary N) is 2. The Bertz CT molecular complexity index is 761. The minimum absolute atomic E-state index is 0.0374. The molecule has 4 nitrogen and oxygen atoms in total. The highest BCUT2D eigenvalue weighted by atomic mass is 35.5. The number of hydrogen-bond acceptors (Lipinski definition) is 2. The first-order chi connectivity index (χ1) is 11.7. The maximum Gasteiger partial charge on any atom is 0.405 e. The topological polar surface area (TPSA) is 58.2 Å². The Morgan fingerprint density at radius 3 is 2.28 bits per heavy atom. The van der Waals surface area contributed by atoms with Crippen LogP contribution in [0, 0.1) is 0 Å². The standard InChI is InChI=1S/C17H14ClF3N2O2/c18-12-7-5-11(6-8-12)9-15(24)23-14-4-2-1-3-13(14)16(25)22-10-17(19,20)21/h1-8H,9-10H2,(H,22,25)(H,23,24). The summed E-state index contributed by atoms with van der Waals surface area (Å²) in [4.78, 5) is 24.0. The second kappa shape index (κ2) is 8.02. The number of anilines is 1. The molecule has 2 amide bonds. The number of carbonyl (C=O) groups excluding carboxylic acids is 2. The Hall–Kier alpha value is -2.54. The van der Waals surface area contributed by atoms with E-state index in [4.69, 9.17) is 11.6 Å². The van der Waals surface area contributed by atoms with Crippen molar-refractivity contribution < 1.29 is 22.8 Å². The monoisotopic (exact) mass is 370 g/mol. The molecule has 0 bridgehead atoms. The molecule has 0 aromatic heterocycles. The number of para-hydroxylation sites is 1. The Morgan fingerprint density at radius 1 is 1.00 bits per heavy atom. The number of amides is 2. The van der Waals surface area contributed by atoms with Crippen molar-refractivity contribution in [3.05, 3.63) is 64.7 Å². The summed E-state index contributed by atoms with van der Waals surface area (Å²) in [6.07, 6.45) is -4.47. The Morgan fingerprint density at radius 2 is 1.64 bits per heavy atom. The molecule has 8 heteroatoms. The van der Waals surface area contributed by atoms with E-state index in [2.05, 4.69) is 5.32 Å². The number of benzene rings is 2. The summed E-state index contributed by atoms with van der Waals surface area (Å²) < 4.78 is 36.7. The van der Waals surface area contributed by atoms with E-state index < -0.39 is 24.5 Å². The first-order valence-electron chi connectivity index (χ1n) is 7.23. The number of halogens is 4. The van der Waals surface area contributed by atoms with Crippen LogP contribution in [0.3, 0.4) is 0 Å². The molecule has 25 heavy (non-hydrogen) atoms. The van der Waals surface area contributed by atoms with E-state index >= 15 is 0 Å². The van der Waals surface area contributed by atoms with Crippen LogP contribution >= 0.6 is 11.6 Å². The molecule has 0 atom stereocenters.